The molecule has 1 fully saturated rings. The Morgan fingerprint density at radius 1 is 0.971 bits per heavy atom. The fourth-order valence-electron chi connectivity index (χ4n) is 5.79. The van der Waals surface area contributed by atoms with Crippen molar-refractivity contribution in [3.05, 3.63) is 100 Å². The summed E-state index contributed by atoms with van der Waals surface area (Å²) in [6, 6.07) is 23.6. The van der Waals surface area contributed by atoms with Gasteiger partial charge in [-0.2, -0.15) is 0 Å². The van der Waals surface area contributed by atoms with Crippen molar-refractivity contribution in [2.75, 3.05) is 11.4 Å². The molecule has 0 spiro atoms. The third kappa shape index (κ3) is 3.49. The molecular weight excluding hydrogens is 458 g/mol. The molecule has 2 aliphatic rings. The number of amides is 2. The van der Waals surface area contributed by atoms with E-state index in [1.54, 1.807) is 12.1 Å². The van der Waals surface area contributed by atoms with Crippen molar-refractivity contribution in [3.8, 4) is 0 Å². The fraction of sp³-hybridized carbons (Fsp3) is 0.241. The van der Waals surface area contributed by atoms with Gasteiger partial charge in [0.15, 0.2) is 0 Å². The smallest absolute Gasteiger partial charge is 0.251 e. The van der Waals surface area contributed by atoms with Gasteiger partial charge in [-0.25, -0.2) is 4.90 Å². The Morgan fingerprint density at radius 3 is 2.49 bits per heavy atom. The minimum atomic E-state index is -0.541. The molecule has 0 bridgehead atoms. The van der Waals surface area contributed by atoms with Crippen molar-refractivity contribution in [2.24, 2.45) is 0 Å². The number of hydrogen-bond acceptors (Lipinski definition) is 3. The lowest BCUT2D eigenvalue weighted by molar-refractivity contribution is -0.123. The van der Waals surface area contributed by atoms with E-state index < -0.39 is 6.04 Å². The van der Waals surface area contributed by atoms with Gasteiger partial charge in [0.25, 0.3) is 5.91 Å². The van der Waals surface area contributed by atoms with Gasteiger partial charge in [-0.05, 0) is 48.7 Å². The summed E-state index contributed by atoms with van der Waals surface area (Å²) in [6.07, 6.45) is 0.143. The summed E-state index contributed by atoms with van der Waals surface area (Å²) in [6.45, 7) is 4.71. The number of rotatable bonds is 3. The molecule has 5 nitrogen and oxygen atoms in total. The predicted octanol–water partition coefficient (Wildman–Crippen LogP) is 5.97. The van der Waals surface area contributed by atoms with Crippen LogP contribution in [0.1, 0.15) is 47.7 Å². The summed E-state index contributed by atoms with van der Waals surface area (Å²) >= 11 is 6.45. The lowest BCUT2D eigenvalue weighted by atomic mass is 9.83. The number of halogens is 1. The third-order valence-corrected chi connectivity index (χ3v) is 7.81. The summed E-state index contributed by atoms with van der Waals surface area (Å²) in [7, 11) is 0. The maximum atomic E-state index is 13.7. The number of carbonyl (C=O) groups is 2. The summed E-state index contributed by atoms with van der Waals surface area (Å²) < 4.78 is 0. The highest BCUT2D eigenvalue weighted by atomic mass is 35.5. The molecular formula is C29H26ClN3O2. The van der Waals surface area contributed by atoms with E-state index in [2.05, 4.69) is 59.3 Å². The first-order valence-corrected chi connectivity index (χ1v) is 12.4. The number of benzene rings is 3. The highest BCUT2D eigenvalue weighted by Gasteiger charge is 2.47. The Hall–Kier alpha value is -3.41. The average molecular weight is 484 g/mol. The molecule has 2 aliphatic heterocycles. The number of nitrogens with one attached hydrogen (secondary N) is 1. The van der Waals surface area contributed by atoms with E-state index in [1.807, 2.05) is 25.1 Å². The molecule has 1 saturated heterocycles. The number of fused-ring (bicyclic) bond motifs is 3. The highest BCUT2D eigenvalue weighted by Crippen LogP contribution is 2.45. The normalized spacial score (nSPS) is 22.7. The molecule has 6 rings (SSSR count). The van der Waals surface area contributed by atoms with Crippen LogP contribution < -0.4 is 4.90 Å². The zero-order valence-electron chi connectivity index (χ0n) is 19.7. The number of imide groups is 1. The van der Waals surface area contributed by atoms with Gasteiger partial charge >= 0.3 is 0 Å². The molecule has 3 aromatic carbocycles. The van der Waals surface area contributed by atoms with Gasteiger partial charge in [0.2, 0.25) is 5.91 Å². The van der Waals surface area contributed by atoms with Crippen LogP contribution in [-0.4, -0.2) is 34.3 Å². The van der Waals surface area contributed by atoms with Crippen LogP contribution in [0.25, 0.3) is 10.9 Å². The van der Waals surface area contributed by atoms with Crippen molar-refractivity contribution in [2.45, 2.75) is 38.3 Å². The maximum Gasteiger partial charge on any atom is 0.251 e. The van der Waals surface area contributed by atoms with E-state index in [4.69, 9.17) is 11.6 Å². The number of carbonyl (C=O) groups excluding carboxylic acids is 2. The van der Waals surface area contributed by atoms with Crippen molar-refractivity contribution >= 4 is 40.0 Å². The summed E-state index contributed by atoms with van der Waals surface area (Å²) in [5.74, 6) is -0.339. The Morgan fingerprint density at radius 2 is 1.71 bits per heavy atom. The van der Waals surface area contributed by atoms with Crippen LogP contribution in [0.4, 0.5) is 5.69 Å². The molecule has 2 amide bonds. The number of aryl methyl sites for hydroxylation is 1. The summed E-state index contributed by atoms with van der Waals surface area (Å²) in [5, 5.41) is 1.63. The van der Waals surface area contributed by atoms with Crippen LogP contribution in [0.2, 0.25) is 5.02 Å². The summed E-state index contributed by atoms with van der Waals surface area (Å²) in [5.41, 5.74) is 6.13. The van der Waals surface area contributed by atoms with E-state index in [0.717, 1.165) is 16.8 Å². The molecule has 4 aromatic rings. The first-order valence-electron chi connectivity index (χ1n) is 12.0. The number of hydrogen-bond donors (Lipinski definition) is 1. The zero-order chi connectivity index (χ0) is 24.3. The first-order chi connectivity index (χ1) is 16.9. The number of aromatic nitrogens is 1. The quantitative estimate of drug-likeness (QED) is 0.365. The van der Waals surface area contributed by atoms with Crippen LogP contribution in [0, 0.1) is 6.92 Å². The molecule has 0 aliphatic carbocycles. The molecule has 0 radical (unpaired) electrons. The molecule has 6 heteroatoms. The highest BCUT2D eigenvalue weighted by molar-refractivity contribution is 6.36. The molecule has 1 aromatic heterocycles. The van der Waals surface area contributed by atoms with E-state index >= 15 is 0 Å². The van der Waals surface area contributed by atoms with Crippen molar-refractivity contribution in [3.63, 3.8) is 0 Å². The van der Waals surface area contributed by atoms with Gasteiger partial charge in [0, 0.05) is 35.1 Å². The van der Waals surface area contributed by atoms with E-state index in [-0.39, 0.29) is 30.2 Å². The van der Waals surface area contributed by atoms with Crippen molar-refractivity contribution in [1.82, 2.24) is 9.88 Å². The second kappa shape index (κ2) is 8.36. The van der Waals surface area contributed by atoms with Gasteiger partial charge in [-0.3, -0.25) is 14.5 Å². The van der Waals surface area contributed by atoms with E-state index in [1.165, 1.54) is 21.4 Å². The Labute approximate surface area is 209 Å². The van der Waals surface area contributed by atoms with E-state index in [9.17, 15) is 9.59 Å². The molecule has 3 heterocycles. The standard InChI is InChI=1S/C29H26ClN3O2/c1-17-12-13-24(22(30)14-17)33-26(34)15-25(29(33)35)32-16-21(19-8-4-3-5-9-19)27-20-10-6-7-11-23(20)31-28(27)18(32)2/h3-14,18,21,25,31H,15-16H2,1-2H3. The van der Waals surface area contributed by atoms with Crippen LogP contribution >= 0.6 is 11.6 Å². The Bertz CT molecular complexity index is 1460. The minimum absolute atomic E-state index is 0.0486. The fourth-order valence-corrected chi connectivity index (χ4v) is 6.11. The lowest BCUT2D eigenvalue weighted by Crippen LogP contribution is -2.47. The van der Waals surface area contributed by atoms with Gasteiger partial charge in [0.1, 0.15) is 0 Å². The SMILES string of the molecule is Cc1ccc(N2C(=O)CC(N3CC(c4ccccc4)c4c([nH]c5ccccc45)C3C)C2=O)c(Cl)c1. The van der Waals surface area contributed by atoms with Gasteiger partial charge in [-0.1, -0.05) is 66.2 Å². The van der Waals surface area contributed by atoms with Gasteiger partial charge in [0.05, 0.1) is 23.2 Å². The predicted molar refractivity (Wildman–Crippen MR) is 139 cm³/mol. The maximum absolute atomic E-state index is 13.7. The lowest BCUT2D eigenvalue weighted by Gasteiger charge is -2.41. The van der Waals surface area contributed by atoms with E-state index in [0.29, 0.717) is 17.3 Å². The molecule has 3 unspecified atom stereocenters. The second-order valence-electron chi connectivity index (χ2n) is 9.58. The number of nitrogens with zero attached hydrogens (tertiary/aromatic N) is 2. The number of H-pyrrole nitrogens is 1. The molecule has 1 N–H and O–H groups in total. The molecule has 176 valence electrons. The van der Waals surface area contributed by atoms with Gasteiger partial charge < -0.3 is 4.98 Å². The van der Waals surface area contributed by atoms with Crippen LogP contribution in [-0.2, 0) is 9.59 Å². The monoisotopic (exact) mass is 483 g/mol. The van der Waals surface area contributed by atoms with Crippen LogP contribution in [0.3, 0.4) is 0 Å². The van der Waals surface area contributed by atoms with Crippen LogP contribution in [0.15, 0.2) is 72.8 Å². The van der Waals surface area contributed by atoms with Crippen LogP contribution in [0.5, 0.6) is 0 Å². The van der Waals surface area contributed by atoms with Crippen molar-refractivity contribution in [1.29, 1.82) is 0 Å². The third-order valence-electron chi connectivity index (χ3n) is 7.50. The zero-order valence-corrected chi connectivity index (χ0v) is 20.4. The topological polar surface area (TPSA) is 56.4 Å². The molecule has 0 saturated carbocycles. The minimum Gasteiger partial charge on any atom is -0.357 e. The van der Waals surface area contributed by atoms with Crippen molar-refractivity contribution < 1.29 is 9.59 Å². The summed E-state index contributed by atoms with van der Waals surface area (Å²) in [4.78, 5) is 34.0. The molecule has 3 atom stereocenters. The number of anilines is 1. The van der Waals surface area contributed by atoms with Gasteiger partial charge in [-0.15, -0.1) is 0 Å². The number of aromatic amines is 1. The number of para-hydroxylation sites is 1. The second-order valence-corrected chi connectivity index (χ2v) is 9.98. The first kappa shape index (κ1) is 22.1. The largest absolute Gasteiger partial charge is 0.357 e. The Kier molecular flexibility index (Phi) is 5.28. The molecule has 35 heavy (non-hydrogen) atoms. The average Bonchev–Trinajstić information content (AvgIpc) is 3.38. The Balaban J connectivity index is 1.43.